The minimum Gasteiger partial charge on any atom is -0.144 e. The van der Waals surface area contributed by atoms with E-state index in [0.717, 1.165) is 0 Å². The second-order valence-corrected chi connectivity index (χ2v) is 7.67. The Kier molecular flexibility index (Phi) is 2.94. The maximum Gasteiger partial charge on any atom is 0.0831 e. The molecular formula is C13H13BrS2. The molecular weight excluding hydrogens is 300 g/mol. The molecule has 0 bridgehead atoms. The lowest BCUT2D eigenvalue weighted by Crippen LogP contribution is -1.84. The van der Waals surface area contributed by atoms with Crippen LogP contribution in [0.3, 0.4) is 0 Å². The highest BCUT2D eigenvalue weighted by Gasteiger charge is 2.20. The zero-order chi connectivity index (χ0) is 11.1. The number of fused-ring (bicyclic) bond motifs is 1. The highest BCUT2D eigenvalue weighted by atomic mass is 79.9. The van der Waals surface area contributed by atoms with Crippen LogP contribution in [0.5, 0.6) is 0 Å². The van der Waals surface area contributed by atoms with E-state index >= 15 is 0 Å². The molecule has 0 radical (unpaired) electrons. The third-order valence-corrected chi connectivity index (χ3v) is 6.99. The van der Waals surface area contributed by atoms with Crippen molar-refractivity contribution in [3.8, 4) is 0 Å². The quantitative estimate of drug-likeness (QED) is 0.677. The fourth-order valence-electron chi connectivity index (χ4n) is 2.21. The summed E-state index contributed by atoms with van der Waals surface area (Å²) in [7, 11) is 0. The van der Waals surface area contributed by atoms with Gasteiger partial charge in [-0.1, -0.05) is 15.9 Å². The molecule has 0 N–H and O–H groups in total. The van der Waals surface area contributed by atoms with Crippen LogP contribution in [0.1, 0.15) is 36.3 Å². The van der Waals surface area contributed by atoms with Gasteiger partial charge in [-0.05, 0) is 49.9 Å². The molecule has 1 aliphatic carbocycles. The Bertz CT molecular complexity index is 488. The van der Waals surface area contributed by atoms with E-state index in [1.807, 2.05) is 22.7 Å². The van der Waals surface area contributed by atoms with E-state index in [0.29, 0.717) is 4.83 Å². The summed E-state index contributed by atoms with van der Waals surface area (Å²) < 4.78 is 0. The fraction of sp³-hybridized carbons (Fsp3) is 0.385. The molecule has 2 aromatic rings. The Morgan fingerprint density at radius 2 is 2.06 bits per heavy atom. The van der Waals surface area contributed by atoms with Crippen molar-refractivity contribution >= 4 is 38.6 Å². The van der Waals surface area contributed by atoms with Crippen molar-refractivity contribution in [2.24, 2.45) is 0 Å². The molecule has 16 heavy (non-hydrogen) atoms. The summed E-state index contributed by atoms with van der Waals surface area (Å²) >= 11 is 7.71. The Balaban J connectivity index is 1.91. The van der Waals surface area contributed by atoms with Gasteiger partial charge < -0.3 is 0 Å². The fourth-order valence-corrected chi connectivity index (χ4v) is 5.26. The maximum absolute atomic E-state index is 3.83. The highest BCUT2D eigenvalue weighted by Crippen LogP contribution is 2.41. The molecule has 0 spiro atoms. The van der Waals surface area contributed by atoms with Gasteiger partial charge in [0.25, 0.3) is 0 Å². The van der Waals surface area contributed by atoms with E-state index in [9.17, 15) is 0 Å². The van der Waals surface area contributed by atoms with Gasteiger partial charge in [-0.25, -0.2) is 0 Å². The normalized spacial score (nSPS) is 16.4. The van der Waals surface area contributed by atoms with Gasteiger partial charge >= 0.3 is 0 Å². The van der Waals surface area contributed by atoms with Crippen LogP contribution < -0.4 is 0 Å². The summed E-state index contributed by atoms with van der Waals surface area (Å²) in [5, 5.41) is 0. The van der Waals surface area contributed by atoms with Gasteiger partial charge in [-0.2, -0.15) is 0 Å². The lowest BCUT2D eigenvalue weighted by atomic mass is 10.2. The maximum atomic E-state index is 3.83. The van der Waals surface area contributed by atoms with Crippen molar-refractivity contribution < 1.29 is 0 Å². The molecule has 0 fully saturated rings. The number of hydrogen-bond donors (Lipinski definition) is 0. The van der Waals surface area contributed by atoms with E-state index in [2.05, 4.69) is 41.1 Å². The minimum atomic E-state index is 0.404. The van der Waals surface area contributed by atoms with Crippen LogP contribution in [0, 0.1) is 6.92 Å². The SMILES string of the molecule is Cc1ccc(C(Br)c2cc3c(s2)CCC3)s1. The summed E-state index contributed by atoms with van der Waals surface area (Å²) in [5.74, 6) is 0. The summed E-state index contributed by atoms with van der Waals surface area (Å²) in [5.41, 5.74) is 1.60. The molecule has 0 aromatic carbocycles. The van der Waals surface area contributed by atoms with Crippen LogP contribution in [0.2, 0.25) is 0 Å². The molecule has 0 saturated carbocycles. The first-order chi connectivity index (χ1) is 7.74. The van der Waals surface area contributed by atoms with Crippen molar-refractivity contribution in [3.05, 3.63) is 43.3 Å². The van der Waals surface area contributed by atoms with Gasteiger partial charge in [0.05, 0.1) is 4.83 Å². The molecule has 3 rings (SSSR count). The van der Waals surface area contributed by atoms with E-state index in [1.165, 1.54) is 33.9 Å². The molecule has 1 unspecified atom stereocenters. The average Bonchev–Trinajstić information content (AvgIpc) is 2.89. The number of rotatable bonds is 2. The van der Waals surface area contributed by atoms with E-state index in [1.54, 1.807) is 10.4 Å². The Labute approximate surface area is 112 Å². The molecule has 2 heterocycles. The van der Waals surface area contributed by atoms with Gasteiger partial charge in [-0.15, -0.1) is 22.7 Å². The third kappa shape index (κ3) is 1.89. The van der Waals surface area contributed by atoms with Crippen molar-refractivity contribution in [3.63, 3.8) is 0 Å². The van der Waals surface area contributed by atoms with Crippen LogP contribution in [0.25, 0.3) is 0 Å². The Hall–Kier alpha value is -0.120. The van der Waals surface area contributed by atoms with Gasteiger partial charge in [0.1, 0.15) is 0 Å². The standard InChI is InChI=1S/C13H13BrS2/c1-8-5-6-11(15-8)13(14)12-7-9-3-2-4-10(9)16-12/h5-7,13H,2-4H2,1H3. The molecule has 0 saturated heterocycles. The van der Waals surface area contributed by atoms with E-state index in [-0.39, 0.29) is 0 Å². The van der Waals surface area contributed by atoms with Crippen molar-refractivity contribution in [2.75, 3.05) is 0 Å². The lowest BCUT2D eigenvalue weighted by Gasteiger charge is -2.04. The van der Waals surface area contributed by atoms with Crippen LogP contribution in [-0.2, 0) is 12.8 Å². The van der Waals surface area contributed by atoms with Crippen LogP contribution in [0.15, 0.2) is 18.2 Å². The predicted molar refractivity (Wildman–Crippen MR) is 76.2 cm³/mol. The van der Waals surface area contributed by atoms with Crippen molar-refractivity contribution in [1.82, 2.24) is 0 Å². The molecule has 1 aliphatic rings. The number of alkyl halides is 1. The molecule has 0 nitrogen and oxygen atoms in total. The predicted octanol–water partition coefficient (Wildman–Crippen LogP) is 5.09. The number of hydrogen-bond acceptors (Lipinski definition) is 2. The number of thiophene rings is 2. The van der Waals surface area contributed by atoms with Crippen molar-refractivity contribution in [1.29, 1.82) is 0 Å². The molecule has 0 amide bonds. The first-order valence-corrected chi connectivity index (χ1v) is 8.11. The van der Waals surface area contributed by atoms with Crippen molar-refractivity contribution in [2.45, 2.75) is 31.0 Å². The van der Waals surface area contributed by atoms with Crippen LogP contribution in [-0.4, -0.2) is 0 Å². The second-order valence-electron chi connectivity index (χ2n) is 4.26. The zero-order valence-corrected chi connectivity index (χ0v) is 12.3. The van der Waals surface area contributed by atoms with E-state index < -0.39 is 0 Å². The largest absolute Gasteiger partial charge is 0.144 e. The lowest BCUT2D eigenvalue weighted by molar-refractivity contribution is 0.913. The first-order valence-electron chi connectivity index (χ1n) is 5.56. The minimum absolute atomic E-state index is 0.404. The summed E-state index contributed by atoms with van der Waals surface area (Å²) in [6.07, 6.45) is 3.94. The smallest absolute Gasteiger partial charge is 0.0831 e. The molecule has 0 aliphatic heterocycles. The van der Waals surface area contributed by atoms with Gasteiger partial charge in [-0.3, -0.25) is 0 Å². The molecule has 3 heteroatoms. The molecule has 84 valence electrons. The number of halogens is 1. The highest BCUT2D eigenvalue weighted by molar-refractivity contribution is 9.09. The summed E-state index contributed by atoms with van der Waals surface area (Å²) in [4.78, 5) is 6.32. The van der Waals surface area contributed by atoms with E-state index in [4.69, 9.17) is 0 Å². The topological polar surface area (TPSA) is 0 Å². The third-order valence-electron chi connectivity index (χ3n) is 3.03. The summed E-state index contributed by atoms with van der Waals surface area (Å²) in [6.45, 7) is 2.17. The van der Waals surface area contributed by atoms with Gasteiger partial charge in [0.2, 0.25) is 0 Å². The number of aryl methyl sites for hydroxylation is 3. The van der Waals surface area contributed by atoms with Gasteiger partial charge in [0, 0.05) is 19.5 Å². The molecule has 2 aromatic heterocycles. The van der Waals surface area contributed by atoms with Gasteiger partial charge in [0.15, 0.2) is 0 Å². The Morgan fingerprint density at radius 3 is 2.75 bits per heavy atom. The monoisotopic (exact) mass is 312 g/mol. The first kappa shape index (κ1) is 11.0. The second kappa shape index (κ2) is 4.28. The van der Waals surface area contributed by atoms with Crippen LogP contribution >= 0.6 is 38.6 Å². The Morgan fingerprint density at radius 1 is 1.19 bits per heavy atom. The average molecular weight is 313 g/mol. The molecule has 1 atom stereocenters. The summed E-state index contributed by atoms with van der Waals surface area (Å²) in [6, 6.07) is 6.85. The van der Waals surface area contributed by atoms with Crippen LogP contribution in [0.4, 0.5) is 0 Å². The zero-order valence-electron chi connectivity index (χ0n) is 9.13.